The number of rotatable bonds is 50. The van der Waals surface area contributed by atoms with Crippen LogP contribution in [0.3, 0.4) is 0 Å². The summed E-state index contributed by atoms with van der Waals surface area (Å²) in [4.78, 5) is 51.2. The number of aliphatic carboxylic acids is 1. The maximum atomic E-state index is 13.1. The van der Waals surface area contributed by atoms with Gasteiger partial charge in [0.2, 0.25) is 0 Å². The minimum Gasteiger partial charge on any atom is -0.479 e. The molecule has 1 saturated heterocycles. The van der Waals surface area contributed by atoms with Crippen molar-refractivity contribution >= 4 is 23.9 Å². The van der Waals surface area contributed by atoms with E-state index in [1.165, 1.54) is 57.8 Å². The number of ether oxygens (including phenoxy) is 5. The summed E-state index contributed by atoms with van der Waals surface area (Å²) in [6.45, 7) is 5.69. The molecule has 0 spiro atoms. The first-order valence-corrected chi connectivity index (χ1v) is 30.5. The zero-order valence-electron chi connectivity index (χ0n) is 49.1. The van der Waals surface area contributed by atoms with E-state index < -0.39 is 67.3 Å². The largest absolute Gasteiger partial charge is 0.479 e. The Morgan fingerprint density at radius 1 is 0.430 bits per heavy atom. The van der Waals surface area contributed by atoms with E-state index in [4.69, 9.17) is 23.7 Å². The van der Waals surface area contributed by atoms with Crippen LogP contribution in [0.2, 0.25) is 0 Å². The number of unbranched alkanes of at least 4 members (excludes halogenated alkanes) is 16. The van der Waals surface area contributed by atoms with Gasteiger partial charge in [0.1, 0.15) is 18.8 Å². The normalized spacial score (nSPS) is 18.7. The number of carboxylic acid groups (broad SMARTS) is 1. The van der Waals surface area contributed by atoms with Crippen molar-refractivity contribution in [2.45, 2.75) is 263 Å². The van der Waals surface area contributed by atoms with E-state index in [9.17, 15) is 34.5 Å². The van der Waals surface area contributed by atoms with E-state index in [2.05, 4.69) is 130 Å². The summed E-state index contributed by atoms with van der Waals surface area (Å²) in [5, 5.41) is 31.5. The number of carbonyl (C=O) groups excluding carboxylic acids is 3. The highest BCUT2D eigenvalue weighted by molar-refractivity contribution is 5.74. The maximum Gasteiger partial charge on any atom is 0.335 e. The van der Waals surface area contributed by atoms with Crippen LogP contribution in [-0.4, -0.2) is 89.2 Å². The van der Waals surface area contributed by atoms with Crippen LogP contribution in [0.1, 0.15) is 226 Å². The van der Waals surface area contributed by atoms with Gasteiger partial charge in [0.15, 0.2) is 24.6 Å². The topological polar surface area (TPSA) is 175 Å². The molecule has 446 valence electrons. The molecule has 1 heterocycles. The SMILES string of the molecule is CC/C=C\C/C=C\C/C=C\C/C=C\C/C=C\CCCC(=O)OC1C(OCC(COC(=O)CCCCCCCCC/C=C\CCCCCCCC)OC(=O)CCCC/C=C\C/C=C\C/C=C\C/C=C\CC)OC(C(=O)O)C(O)C1O. The van der Waals surface area contributed by atoms with Gasteiger partial charge in [-0.2, -0.15) is 0 Å². The van der Waals surface area contributed by atoms with E-state index in [1.807, 2.05) is 12.2 Å². The quantitative estimate of drug-likeness (QED) is 0.0228. The first kappa shape index (κ1) is 72.1. The zero-order chi connectivity index (χ0) is 57.5. The molecule has 0 aliphatic carbocycles. The summed E-state index contributed by atoms with van der Waals surface area (Å²) < 4.78 is 28.3. The summed E-state index contributed by atoms with van der Waals surface area (Å²) in [6.07, 6.45) is 61.7. The second kappa shape index (κ2) is 53.7. The van der Waals surface area contributed by atoms with Gasteiger partial charge in [-0.1, -0.05) is 206 Å². The van der Waals surface area contributed by atoms with E-state index in [1.54, 1.807) is 0 Å². The number of carbonyl (C=O) groups is 4. The predicted molar refractivity (Wildman–Crippen MR) is 321 cm³/mol. The van der Waals surface area contributed by atoms with Crippen LogP contribution in [0.15, 0.2) is 122 Å². The molecule has 6 unspecified atom stereocenters. The summed E-state index contributed by atoms with van der Waals surface area (Å²) in [7, 11) is 0. The lowest BCUT2D eigenvalue weighted by atomic mass is 9.98. The Kier molecular flexibility index (Phi) is 49.1. The molecule has 0 aromatic rings. The minimum atomic E-state index is -1.94. The van der Waals surface area contributed by atoms with Crippen LogP contribution in [-0.2, 0) is 42.9 Å². The van der Waals surface area contributed by atoms with Gasteiger partial charge in [0.25, 0.3) is 0 Å². The van der Waals surface area contributed by atoms with Crippen LogP contribution in [0.5, 0.6) is 0 Å². The number of carboxylic acids is 1. The number of esters is 3. The Morgan fingerprint density at radius 3 is 1.29 bits per heavy atom. The predicted octanol–water partition coefficient (Wildman–Crippen LogP) is 16.0. The fraction of sp³-hybridized carbons (Fsp3) is 0.642. The van der Waals surface area contributed by atoms with E-state index >= 15 is 0 Å². The molecule has 1 rings (SSSR count). The third-order valence-electron chi connectivity index (χ3n) is 13.0. The summed E-state index contributed by atoms with van der Waals surface area (Å²) >= 11 is 0. The lowest BCUT2D eigenvalue weighted by Gasteiger charge is -2.40. The molecule has 3 N–H and O–H groups in total. The van der Waals surface area contributed by atoms with Crippen LogP contribution in [0, 0.1) is 0 Å². The highest BCUT2D eigenvalue weighted by Gasteiger charge is 2.50. The molecular weight excluding hydrogens is 997 g/mol. The Hall–Kier alpha value is -4.88. The Bertz CT molecular complexity index is 1840. The first-order chi connectivity index (χ1) is 38.6. The monoisotopic (exact) mass is 1100 g/mol. The molecule has 0 aromatic heterocycles. The van der Waals surface area contributed by atoms with E-state index in [-0.39, 0.29) is 25.9 Å². The van der Waals surface area contributed by atoms with Crippen molar-refractivity contribution in [1.29, 1.82) is 0 Å². The van der Waals surface area contributed by atoms with Gasteiger partial charge in [0.05, 0.1) is 6.61 Å². The lowest BCUT2D eigenvalue weighted by molar-refractivity contribution is -0.301. The second-order valence-electron chi connectivity index (χ2n) is 20.2. The van der Waals surface area contributed by atoms with Crippen LogP contribution in [0.4, 0.5) is 0 Å². The fourth-order valence-corrected chi connectivity index (χ4v) is 8.39. The number of hydrogen-bond acceptors (Lipinski definition) is 11. The second-order valence-corrected chi connectivity index (χ2v) is 20.2. The first-order valence-electron chi connectivity index (χ1n) is 30.5. The standard InChI is InChI=1S/C67H106O12/c1-4-7-10-13-16-19-22-25-28-30-33-35-38-41-44-47-50-53-59(68)75-56-58(77-60(69)54-51-48-45-42-39-36-32-27-24-21-18-15-12-9-6-3)57-76-67-65(63(72)62(71)64(79-67)66(73)74)78-61(70)55-52-49-46-43-40-37-34-31-29-26-23-20-17-14-11-8-5-2/h8-9,11-12,17-18,20-21,25-29,32,34,37,39,42-43,46,58,62-65,67,71-72H,4-7,10,13-16,19,22-24,30-31,33,35-36,38,40-41,44-45,47-57H2,1-3H3,(H,73,74)/b11-8-,12-9-,20-17-,21-18-,28-25-,29-26-,32-27-,37-34-,42-39-,46-43-. The molecule has 0 amide bonds. The highest BCUT2D eigenvalue weighted by Crippen LogP contribution is 2.26. The third kappa shape index (κ3) is 43.6. The van der Waals surface area contributed by atoms with Crippen molar-refractivity contribution in [3.63, 3.8) is 0 Å². The molecule has 1 fully saturated rings. The molecule has 1 aliphatic heterocycles. The molecule has 0 radical (unpaired) electrons. The summed E-state index contributed by atoms with van der Waals surface area (Å²) in [5.74, 6) is -3.27. The van der Waals surface area contributed by atoms with E-state index in [0.29, 0.717) is 25.7 Å². The number of aliphatic hydroxyl groups is 2. The number of aliphatic hydroxyl groups excluding tert-OH is 2. The van der Waals surface area contributed by atoms with Gasteiger partial charge in [-0.15, -0.1) is 0 Å². The van der Waals surface area contributed by atoms with Gasteiger partial charge in [-0.05, 0) is 122 Å². The maximum absolute atomic E-state index is 13.1. The number of hydrogen-bond donors (Lipinski definition) is 3. The lowest BCUT2D eigenvalue weighted by Crippen LogP contribution is -2.61. The van der Waals surface area contributed by atoms with Gasteiger partial charge >= 0.3 is 23.9 Å². The van der Waals surface area contributed by atoms with E-state index in [0.717, 1.165) is 103 Å². The molecule has 12 nitrogen and oxygen atoms in total. The van der Waals surface area contributed by atoms with Crippen LogP contribution in [0.25, 0.3) is 0 Å². The molecule has 6 atom stereocenters. The zero-order valence-corrected chi connectivity index (χ0v) is 49.1. The van der Waals surface area contributed by atoms with Crippen LogP contribution >= 0.6 is 0 Å². The molecule has 12 heteroatoms. The average molecular weight is 1100 g/mol. The fourth-order valence-electron chi connectivity index (χ4n) is 8.39. The van der Waals surface area contributed by atoms with Crippen molar-refractivity contribution in [1.82, 2.24) is 0 Å². The third-order valence-corrected chi connectivity index (χ3v) is 13.0. The Balaban J connectivity index is 2.75. The van der Waals surface area contributed by atoms with Gasteiger partial charge < -0.3 is 39.0 Å². The van der Waals surface area contributed by atoms with Crippen LogP contribution < -0.4 is 0 Å². The molecule has 0 saturated carbocycles. The Morgan fingerprint density at radius 2 is 0.810 bits per heavy atom. The smallest absolute Gasteiger partial charge is 0.335 e. The van der Waals surface area contributed by atoms with Crippen molar-refractivity contribution in [3.05, 3.63) is 122 Å². The van der Waals surface area contributed by atoms with Crippen molar-refractivity contribution < 1.29 is 58.2 Å². The summed E-state index contributed by atoms with van der Waals surface area (Å²) in [6, 6.07) is 0. The Labute approximate surface area is 478 Å². The van der Waals surface area contributed by atoms with Crippen molar-refractivity contribution in [2.75, 3.05) is 13.2 Å². The molecule has 1 aliphatic rings. The van der Waals surface area contributed by atoms with Crippen molar-refractivity contribution in [2.24, 2.45) is 0 Å². The minimum absolute atomic E-state index is 0.0293. The average Bonchev–Trinajstić information content (AvgIpc) is 3.43. The molecule has 0 bridgehead atoms. The molecule has 0 aromatic carbocycles. The number of allylic oxidation sites excluding steroid dienone is 20. The summed E-state index contributed by atoms with van der Waals surface area (Å²) in [5.41, 5.74) is 0. The van der Waals surface area contributed by atoms with Crippen molar-refractivity contribution in [3.8, 4) is 0 Å². The highest BCUT2D eigenvalue weighted by atomic mass is 16.7. The molecule has 79 heavy (non-hydrogen) atoms. The van der Waals surface area contributed by atoms with Gasteiger partial charge in [0, 0.05) is 19.3 Å². The molecular formula is C67H106O12. The van der Waals surface area contributed by atoms with Gasteiger partial charge in [-0.25, -0.2) is 4.79 Å². The van der Waals surface area contributed by atoms with Gasteiger partial charge in [-0.3, -0.25) is 14.4 Å².